The van der Waals surface area contributed by atoms with E-state index >= 15 is 0 Å². The number of esters is 1. The lowest BCUT2D eigenvalue weighted by molar-refractivity contribution is -0.150. The number of hydrogen-bond donors (Lipinski definition) is 1. The number of hydrogen-bond acceptors (Lipinski definition) is 5. The molecule has 1 unspecified atom stereocenters. The Bertz CT molecular complexity index is 329. The minimum absolute atomic E-state index is 0.0342. The van der Waals surface area contributed by atoms with Gasteiger partial charge in [0.15, 0.2) is 5.78 Å². The number of ketones is 2. The maximum Gasteiger partial charge on any atom is 0.314 e. The molecule has 0 bridgehead atoms. The summed E-state index contributed by atoms with van der Waals surface area (Å²) in [6, 6.07) is 0. The van der Waals surface area contributed by atoms with Gasteiger partial charge in [-0.05, 0) is 6.92 Å². The van der Waals surface area contributed by atoms with Crippen LogP contribution in [0.2, 0.25) is 0 Å². The first-order valence-corrected chi connectivity index (χ1v) is 4.66. The van der Waals surface area contributed by atoms with Crippen molar-refractivity contribution in [2.45, 2.75) is 19.8 Å². The second-order valence-corrected chi connectivity index (χ2v) is 3.23. The second-order valence-electron chi connectivity index (χ2n) is 3.23. The van der Waals surface area contributed by atoms with E-state index in [0.29, 0.717) is 6.26 Å². The number of rotatable bonds is 2. The Labute approximate surface area is 86.7 Å². The average Bonchev–Trinajstić information content (AvgIpc) is 2.17. The molecular formula is C10H12O5. The quantitative estimate of drug-likeness (QED) is 0.312. The summed E-state index contributed by atoms with van der Waals surface area (Å²) in [6.07, 6.45) is 0.273. The average molecular weight is 212 g/mol. The Balaban J connectivity index is 2.88. The molecule has 1 aliphatic carbocycles. The Morgan fingerprint density at radius 1 is 1.60 bits per heavy atom. The number of aliphatic hydroxyl groups excluding tert-OH is 1. The van der Waals surface area contributed by atoms with Crippen molar-refractivity contribution in [1.82, 2.24) is 0 Å². The number of carbonyl (C=O) groups excluding carboxylic acids is 3. The van der Waals surface area contributed by atoms with Crippen LogP contribution in [-0.2, 0) is 19.1 Å². The van der Waals surface area contributed by atoms with Gasteiger partial charge < -0.3 is 9.84 Å². The van der Waals surface area contributed by atoms with Gasteiger partial charge in [-0.25, -0.2) is 0 Å². The largest absolute Gasteiger partial charge is 0.515 e. The third-order valence-electron chi connectivity index (χ3n) is 2.20. The molecule has 1 aliphatic rings. The molecule has 0 saturated heterocycles. The molecule has 1 saturated carbocycles. The maximum absolute atomic E-state index is 11.4. The number of aliphatic hydroxyl groups is 1. The molecular weight excluding hydrogens is 200 g/mol. The summed E-state index contributed by atoms with van der Waals surface area (Å²) in [5.74, 6) is -2.39. The highest BCUT2D eigenvalue weighted by Crippen LogP contribution is 2.25. The van der Waals surface area contributed by atoms with Gasteiger partial charge in [-0.1, -0.05) is 0 Å². The molecule has 1 atom stereocenters. The van der Waals surface area contributed by atoms with E-state index in [1.54, 1.807) is 6.92 Å². The first-order chi connectivity index (χ1) is 7.10. The smallest absolute Gasteiger partial charge is 0.314 e. The maximum atomic E-state index is 11.4. The monoisotopic (exact) mass is 212 g/mol. The van der Waals surface area contributed by atoms with Crippen molar-refractivity contribution in [1.29, 1.82) is 0 Å². The molecule has 5 nitrogen and oxygen atoms in total. The third kappa shape index (κ3) is 2.43. The van der Waals surface area contributed by atoms with Crippen molar-refractivity contribution in [2.24, 2.45) is 5.92 Å². The van der Waals surface area contributed by atoms with E-state index in [4.69, 9.17) is 9.84 Å². The predicted molar refractivity (Wildman–Crippen MR) is 50.1 cm³/mol. The molecule has 0 heterocycles. The summed E-state index contributed by atoms with van der Waals surface area (Å²) < 4.78 is 4.71. The van der Waals surface area contributed by atoms with Crippen LogP contribution >= 0.6 is 0 Å². The van der Waals surface area contributed by atoms with Crippen LogP contribution in [-0.4, -0.2) is 29.2 Å². The lowest BCUT2D eigenvalue weighted by Gasteiger charge is -2.20. The van der Waals surface area contributed by atoms with Crippen molar-refractivity contribution < 1.29 is 24.2 Å². The molecule has 5 heteroatoms. The first-order valence-electron chi connectivity index (χ1n) is 4.66. The molecule has 0 spiro atoms. The summed E-state index contributed by atoms with van der Waals surface area (Å²) >= 11 is 0. The van der Waals surface area contributed by atoms with Crippen LogP contribution in [0.5, 0.6) is 0 Å². The summed E-state index contributed by atoms with van der Waals surface area (Å²) in [4.78, 5) is 33.8. The zero-order valence-corrected chi connectivity index (χ0v) is 8.36. The van der Waals surface area contributed by atoms with Gasteiger partial charge in [-0.3, -0.25) is 14.4 Å². The molecule has 0 amide bonds. The van der Waals surface area contributed by atoms with Gasteiger partial charge in [-0.2, -0.15) is 0 Å². The molecule has 0 aromatic rings. The van der Waals surface area contributed by atoms with Crippen LogP contribution in [0, 0.1) is 5.92 Å². The Kier molecular flexibility index (Phi) is 3.60. The first kappa shape index (κ1) is 11.4. The van der Waals surface area contributed by atoms with E-state index < -0.39 is 17.7 Å². The molecule has 0 aromatic heterocycles. The summed E-state index contributed by atoms with van der Waals surface area (Å²) in [6.45, 7) is 1.81. The van der Waals surface area contributed by atoms with E-state index in [1.165, 1.54) is 0 Å². The zero-order valence-electron chi connectivity index (χ0n) is 8.36. The highest BCUT2D eigenvalue weighted by Gasteiger charge is 2.36. The van der Waals surface area contributed by atoms with E-state index in [9.17, 15) is 14.4 Å². The van der Waals surface area contributed by atoms with Crippen LogP contribution < -0.4 is 0 Å². The van der Waals surface area contributed by atoms with Crippen molar-refractivity contribution in [3.63, 3.8) is 0 Å². The third-order valence-corrected chi connectivity index (χ3v) is 2.20. The van der Waals surface area contributed by atoms with Crippen LogP contribution in [0.3, 0.4) is 0 Å². The Morgan fingerprint density at radius 2 is 2.27 bits per heavy atom. The highest BCUT2D eigenvalue weighted by molar-refractivity contribution is 6.14. The number of ether oxygens (including phenoxy) is 1. The summed E-state index contributed by atoms with van der Waals surface area (Å²) in [5.41, 5.74) is -0.0342. The van der Waals surface area contributed by atoms with E-state index in [0.717, 1.165) is 0 Å². The molecule has 1 fully saturated rings. The lowest BCUT2D eigenvalue weighted by atomic mass is 9.83. The van der Waals surface area contributed by atoms with Crippen molar-refractivity contribution in [2.75, 3.05) is 6.61 Å². The lowest BCUT2D eigenvalue weighted by Crippen LogP contribution is -2.32. The van der Waals surface area contributed by atoms with Crippen LogP contribution in [0.4, 0.5) is 0 Å². The fourth-order valence-electron chi connectivity index (χ4n) is 1.50. The van der Waals surface area contributed by atoms with Crippen LogP contribution in [0.1, 0.15) is 19.8 Å². The van der Waals surface area contributed by atoms with Gasteiger partial charge in [-0.15, -0.1) is 0 Å². The van der Waals surface area contributed by atoms with Crippen molar-refractivity contribution in [3.8, 4) is 0 Å². The van der Waals surface area contributed by atoms with Crippen molar-refractivity contribution >= 4 is 17.5 Å². The highest BCUT2D eigenvalue weighted by atomic mass is 16.5. The van der Waals surface area contributed by atoms with Gasteiger partial charge in [0.1, 0.15) is 5.78 Å². The second kappa shape index (κ2) is 4.72. The summed E-state index contributed by atoms with van der Waals surface area (Å²) in [7, 11) is 0. The van der Waals surface area contributed by atoms with Crippen LogP contribution in [0.15, 0.2) is 11.8 Å². The van der Waals surface area contributed by atoms with Crippen molar-refractivity contribution in [3.05, 3.63) is 11.8 Å². The molecule has 1 N–H and O–H groups in total. The molecule has 0 aromatic carbocycles. The number of Topliss-reactive ketones (excluding diaryl/α,β-unsaturated/α-hetero) is 2. The zero-order chi connectivity index (χ0) is 11.4. The molecule has 1 rings (SSSR count). The van der Waals surface area contributed by atoms with E-state index in [-0.39, 0.29) is 30.8 Å². The van der Waals surface area contributed by atoms with E-state index in [2.05, 4.69) is 0 Å². The van der Waals surface area contributed by atoms with Gasteiger partial charge in [0.25, 0.3) is 0 Å². The molecule has 0 aliphatic heterocycles. The summed E-state index contributed by atoms with van der Waals surface area (Å²) in [5, 5.41) is 8.83. The predicted octanol–water partition coefficient (Wildman–Crippen LogP) is 0.540. The Hall–Kier alpha value is -1.65. The standard InChI is InChI=1S/C10H12O5/c1-2-15-10(14)7-3-6(12)4-9(13)8(7)5-11/h5,7,11H,2-4H2,1H3. The van der Waals surface area contributed by atoms with Crippen LogP contribution in [0.25, 0.3) is 0 Å². The number of carbonyl (C=O) groups is 3. The minimum atomic E-state index is -0.941. The fourth-order valence-corrected chi connectivity index (χ4v) is 1.50. The topological polar surface area (TPSA) is 80.7 Å². The Morgan fingerprint density at radius 3 is 2.80 bits per heavy atom. The SMILES string of the molecule is CCOC(=O)C1CC(=O)CC(=O)C1=CO. The fraction of sp³-hybridized carbons (Fsp3) is 0.500. The van der Waals surface area contributed by atoms with E-state index in [1.807, 2.05) is 0 Å². The van der Waals surface area contributed by atoms with Gasteiger partial charge in [0, 0.05) is 12.0 Å². The van der Waals surface area contributed by atoms with Gasteiger partial charge >= 0.3 is 5.97 Å². The molecule has 0 radical (unpaired) electrons. The van der Waals surface area contributed by atoms with Gasteiger partial charge in [0.05, 0.1) is 25.2 Å². The minimum Gasteiger partial charge on any atom is -0.515 e. The molecule has 15 heavy (non-hydrogen) atoms. The molecule has 82 valence electrons. The van der Waals surface area contributed by atoms with Gasteiger partial charge in [0.2, 0.25) is 0 Å². The normalized spacial score (nSPS) is 24.3.